The summed E-state index contributed by atoms with van der Waals surface area (Å²) in [4.78, 5) is 24.5. The highest BCUT2D eigenvalue weighted by molar-refractivity contribution is 6.00. The second kappa shape index (κ2) is 9.90. The average molecular weight is 469 g/mol. The van der Waals surface area contributed by atoms with E-state index < -0.39 is 12.1 Å². The van der Waals surface area contributed by atoms with Crippen LogP contribution in [0.15, 0.2) is 94.6 Å². The van der Waals surface area contributed by atoms with Gasteiger partial charge in [0.2, 0.25) is 0 Å². The van der Waals surface area contributed by atoms with E-state index in [-0.39, 0.29) is 18.3 Å². The van der Waals surface area contributed by atoms with Gasteiger partial charge >= 0.3 is 0 Å². The van der Waals surface area contributed by atoms with Crippen LogP contribution >= 0.6 is 0 Å². The maximum absolute atomic E-state index is 13.5. The molecular weight excluding hydrogens is 444 g/mol. The molecule has 0 aliphatic carbocycles. The number of aliphatic hydroxyl groups excluding tert-OH is 1. The van der Waals surface area contributed by atoms with Crippen LogP contribution in [0.4, 0.5) is 0 Å². The number of carbonyl (C=O) groups is 1. The van der Waals surface area contributed by atoms with Crippen molar-refractivity contribution in [1.82, 2.24) is 15.0 Å². The largest absolute Gasteiger partial charge is 0.399 e. The SMILES string of the molecule is CO/N=C1\C[C@@H](c2noc(C(O)c3ccccc3)n2)N(C(=O)c2ccc(-c3ccccc3)cc2)C1. The van der Waals surface area contributed by atoms with Crippen LogP contribution in [0, 0.1) is 0 Å². The van der Waals surface area contributed by atoms with Gasteiger partial charge in [0.05, 0.1) is 12.3 Å². The van der Waals surface area contributed by atoms with Crippen molar-refractivity contribution in [3.05, 3.63) is 108 Å². The fourth-order valence-electron chi connectivity index (χ4n) is 4.22. The van der Waals surface area contributed by atoms with Gasteiger partial charge in [0, 0.05) is 12.0 Å². The van der Waals surface area contributed by atoms with Crippen LogP contribution < -0.4 is 0 Å². The molecule has 1 aliphatic heterocycles. The second-order valence-electron chi connectivity index (χ2n) is 8.24. The molecule has 8 nitrogen and oxygen atoms in total. The molecule has 0 bridgehead atoms. The minimum atomic E-state index is -1.05. The Morgan fingerprint density at radius 2 is 1.69 bits per heavy atom. The number of hydrogen-bond donors (Lipinski definition) is 1. The Labute approximate surface area is 202 Å². The van der Waals surface area contributed by atoms with E-state index in [9.17, 15) is 9.90 Å². The number of oxime groups is 1. The van der Waals surface area contributed by atoms with Gasteiger partial charge in [-0.05, 0) is 28.8 Å². The first kappa shape index (κ1) is 22.5. The monoisotopic (exact) mass is 468 g/mol. The van der Waals surface area contributed by atoms with Crippen molar-refractivity contribution in [2.45, 2.75) is 18.6 Å². The molecule has 1 unspecified atom stereocenters. The predicted molar refractivity (Wildman–Crippen MR) is 130 cm³/mol. The van der Waals surface area contributed by atoms with E-state index in [2.05, 4.69) is 15.3 Å². The zero-order valence-electron chi connectivity index (χ0n) is 19.1. The van der Waals surface area contributed by atoms with Crippen molar-refractivity contribution in [2.75, 3.05) is 13.7 Å². The van der Waals surface area contributed by atoms with Crippen LogP contribution in [-0.4, -0.2) is 45.4 Å². The second-order valence-corrected chi connectivity index (χ2v) is 8.24. The van der Waals surface area contributed by atoms with Crippen LogP contribution in [0.25, 0.3) is 11.1 Å². The maximum Gasteiger partial charge on any atom is 0.260 e. The van der Waals surface area contributed by atoms with E-state index in [1.54, 1.807) is 17.0 Å². The van der Waals surface area contributed by atoms with Crippen LogP contribution in [0.1, 0.15) is 46.2 Å². The summed E-state index contributed by atoms with van der Waals surface area (Å²) < 4.78 is 5.37. The summed E-state index contributed by atoms with van der Waals surface area (Å²) in [5.41, 5.74) is 3.99. The summed E-state index contributed by atoms with van der Waals surface area (Å²) in [6.45, 7) is 0.281. The topological polar surface area (TPSA) is 101 Å². The van der Waals surface area contributed by atoms with Crippen molar-refractivity contribution in [1.29, 1.82) is 0 Å². The molecule has 0 spiro atoms. The van der Waals surface area contributed by atoms with Crippen molar-refractivity contribution in [2.24, 2.45) is 5.16 Å². The number of likely N-dealkylation sites (tertiary alicyclic amines) is 1. The van der Waals surface area contributed by atoms with Gasteiger partial charge in [-0.1, -0.05) is 83.1 Å². The molecule has 3 aromatic carbocycles. The smallest absolute Gasteiger partial charge is 0.260 e. The Hall–Kier alpha value is -4.30. The Morgan fingerprint density at radius 1 is 1.03 bits per heavy atom. The van der Waals surface area contributed by atoms with Crippen molar-refractivity contribution < 1.29 is 19.3 Å². The Kier molecular flexibility index (Phi) is 6.36. The molecule has 4 aromatic rings. The van der Waals surface area contributed by atoms with Gasteiger partial charge in [0.1, 0.15) is 13.2 Å². The third-order valence-corrected chi connectivity index (χ3v) is 5.98. The highest BCUT2D eigenvalue weighted by Gasteiger charge is 2.38. The summed E-state index contributed by atoms with van der Waals surface area (Å²) >= 11 is 0. The minimum Gasteiger partial charge on any atom is -0.399 e. The van der Waals surface area contributed by atoms with Gasteiger partial charge in [-0.3, -0.25) is 4.79 Å². The Bertz CT molecular complexity index is 1320. The van der Waals surface area contributed by atoms with Crippen molar-refractivity contribution in [3.63, 3.8) is 0 Å². The number of nitrogens with zero attached hydrogens (tertiary/aromatic N) is 4. The van der Waals surface area contributed by atoms with E-state index in [1.165, 1.54) is 7.11 Å². The summed E-state index contributed by atoms with van der Waals surface area (Å²) in [7, 11) is 1.47. The lowest BCUT2D eigenvalue weighted by Gasteiger charge is -2.21. The molecule has 1 aliphatic rings. The highest BCUT2D eigenvalue weighted by atomic mass is 16.6. The maximum atomic E-state index is 13.5. The zero-order chi connectivity index (χ0) is 24.2. The normalized spacial score (nSPS) is 17.5. The minimum absolute atomic E-state index is 0.0722. The third-order valence-electron chi connectivity index (χ3n) is 5.98. The molecule has 1 N–H and O–H groups in total. The van der Waals surface area contributed by atoms with Crippen LogP contribution in [0.5, 0.6) is 0 Å². The number of benzene rings is 3. The lowest BCUT2D eigenvalue weighted by molar-refractivity contribution is 0.0732. The third kappa shape index (κ3) is 4.69. The number of aromatic nitrogens is 2. The first-order chi connectivity index (χ1) is 17.1. The molecule has 1 saturated heterocycles. The number of rotatable bonds is 6. The molecule has 1 fully saturated rings. The number of hydrogen-bond acceptors (Lipinski definition) is 7. The fourth-order valence-corrected chi connectivity index (χ4v) is 4.22. The van der Waals surface area contributed by atoms with E-state index >= 15 is 0 Å². The molecule has 1 aromatic heterocycles. The molecule has 176 valence electrons. The predicted octanol–water partition coefficient (Wildman–Crippen LogP) is 4.41. The van der Waals surface area contributed by atoms with Gasteiger partial charge in [0.15, 0.2) is 11.9 Å². The number of carbonyl (C=O) groups excluding carboxylic acids is 1. The van der Waals surface area contributed by atoms with Crippen molar-refractivity contribution >= 4 is 11.6 Å². The van der Waals surface area contributed by atoms with Gasteiger partial charge in [-0.15, -0.1) is 0 Å². The quantitative estimate of drug-likeness (QED) is 0.421. The molecule has 8 heteroatoms. The molecule has 35 heavy (non-hydrogen) atoms. The van der Waals surface area contributed by atoms with Crippen LogP contribution in [-0.2, 0) is 4.84 Å². The molecule has 0 saturated carbocycles. The molecular formula is C27H24N4O4. The summed E-state index contributed by atoms with van der Waals surface area (Å²) in [5.74, 6) is 0.208. The van der Waals surface area contributed by atoms with E-state index in [1.807, 2.05) is 72.8 Å². The molecule has 1 amide bonds. The first-order valence-corrected chi connectivity index (χ1v) is 11.3. The van der Waals surface area contributed by atoms with Gasteiger partial charge in [-0.25, -0.2) is 0 Å². The van der Waals surface area contributed by atoms with Crippen LogP contribution in [0.2, 0.25) is 0 Å². The van der Waals surface area contributed by atoms with Gasteiger partial charge < -0.3 is 19.4 Å². The zero-order valence-corrected chi connectivity index (χ0v) is 19.1. The summed E-state index contributed by atoms with van der Waals surface area (Å²) in [5, 5.41) is 18.8. The summed E-state index contributed by atoms with van der Waals surface area (Å²) in [6.07, 6.45) is -0.650. The Morgan fingerprint density at radius 3 is 2.37 bits per heavy atom. The molecule has 5 rings (SSSR count). The Balaban J connectivity index is 1.40. The lowest BCUT2D eigenvalue weighted by Crippen LogP contribution is -2.31. The molecule has 0 radical (unpaired) electrons. The van der Waals surface area contributed by atoms with E-state index in [0.717, 1.165) is 11.1 Å². The average Bonchev–Trinajstić information content (AvgIpc) is 3.57. The van der Waals surface area contributed by atoms with Gasteiger partial charge in [0.25, 0.3) is 11.8 Å². The number of aliphatic hydroxyl groups is 1. The first-order valence-electron chi connectivity index (χ1n) is 11.3. The number of amides is 1. The molecule has 2 atom stereocenters. The van der Waals surface area contributed by atoms with E-state index in [4.69, 9.17) is 9.36 Å². The summed E-state index contributed by atoms with van der Waals surface area (Å²) in [6, 6.07) is 26.0. The van der Waals surface area contributed by atoms with Crippen LogP contribution in [0.3, 0.4) is 0 Å². The molecule has 2 heterocycles. The van der Waals surface area contributed by atoms with Crippen molar-refractivity contribution in [3.8, 4) is 11.1 Å². The fraction of sp³-hybridized carbons (Fsp3) is 0.185. The lowest BCUT2D eigenvalue weighted by atomic mass is 10.0. The standard InChI is InChI=1S/C27H24N4O4/c1-34-29-22-16-23(25-28-26(35-30-25)24(32)20-10-6-3-7-11-20)31(17-22)27(33)21-14-12-19(13-15-21)18-8-4-2-5-9-18/h2-15,23-24,32H,16-17H2,1H3/b29-22+/t23-,24?/m0/s1. The van der Waals surface area contributed by atoms with E-state index in [0.29, 0.717) is 29.1 Å². The highest BCUT2D eigenvalue weighted by Crippen LogP contribution is 2.32. The van der Waals surface area contributed by atoms with Gasteiger partial charge in [-0.2, -0.15) is 4.98 Å².